The number of aliphatic hydroxyl groups is 1. The lowest BCUT2D eigenvalue weighted by Crippen LogP contribution is -2.30. The summed E-state index contributed by atoms with van der Waals surface area (Å²) >= 11 is 0. The van der Waals surface area contributed by atoms with Crippen molar-refractivity contribution in [3.63, 3.8) is 0 Å². The molecule has 0 aromatic heterocycles. The van der Waals surface area contributed by atoms with E-state index < -0.39 is 97.5 Å². The van der Waals surface area contributed by atoms with Gasteiger partial charge < -0.3 is 33.8 Å². The van der Waals surface area contributed by atoms with Crippen molar-refractivity contribution >= 4 is 39.5 Å². The summed E-state index contributed by atoms with van der Waals surface area (Å²) in [6.45, 7) is 9.38. The van der Waals surface area contributed by atoms with Crippen LogP contribution in [0.1, 0.15) is 318 Å². The summed E-state index contributed by atoms with van der Waals surface area (Å²) in [7, 11) is -9.91. The summed E-state index contributed by atoms with van der Waals surface area (Å²) in [5.74, 6) is -0.689. The van der Waals surface area contributed by atoms with Crippen molar-refractivity contribution in [2.45, 2.75) is 336 Å². The van der Waals surface area contributed by atoms with Crippen LogP contribution >= 0.6 is 15.6 Å². The number of allylic oxidation sites excluding steroid dienone is 4. The van der Waals surface area contributed by atoms with E-state index in [9.17, 15) is 43.2 Å². The molecule has 0 aromatic carbocycles. The van der Waals surface area contributed by atoms with Crippen molar-refractivity contribution < 1.29 is 80.2 Å². The molecule has 19 heteroatoms. The maximum atomic E-state index is 13.0. The zero-order valence-electron chi connectivity index (χ0n) is 55.8. The van der Waals surface area contributed by atoms with Crippen molar-refractivity contribution in [3.05, 3.63) is 24.3 Å². The summed E-state index contributed by atoms with van der Waals surface area (Å²) in [6.07, 6.45) is 46.7. The third-order valence-electron chi connectivity index (χ3n) is 15.1. The van der Waals surface area contributed by atoms with Crippen molar-refractivity contribution in [3.8, 4) is 0 Å². The Morgan fingerprint density at radius 3 is 0.943 bits per heavy atom. The van der Waals surface area contributed by atoms with E-state index in [4.69, 9.17) is 37.0 Å². The molecule has 0 aliphatic rings. The number of unbranched alkanes of at least 4 members (excludes halogenated alkanes) is 32. The number of hydrogen-bond donors (Lipinski definition) is 3. The molecule has 512 valence electrons. The van der Waals surface area contributed by atoms with Gasteiger partial charge in [0.25, 0.3) is 0 Å². The molecule has 0 aromatic rings. The Balaban J connectivity index is 5.27. The first-order chi connectivity index (χ1) is 41.9. The van der Waals surface area contributed by atoms with Gasteiger partial charge in [-0.2, -0.15) is 0 Å². The quantitative estimate of drug-likeness (QED) is 0.0169. The molecule has 0 saturated carbocycles. The van der Waals surface area contributed by atoms with E-state index in [1.54, 1.807) is 0 Å². The van der Waals surface area contributed by atoms with E-state index in [1.165, 1.54) is 116 Å². The van der Waals surface area contributed by atoms with E-state index in [0.717, 1.165) is 121 Å². The molecule has 3 N–H and O–H groups in total. The maximum absolute atomic E-state index is 13.0. The second kappa shape index (κ2) is 59.8. The Kier molecular flexibility index (Phi) is 58.1. The van der Waals surface area contributed by atoms with Crippen molar-refractivity contribution in [1.29, 1.82) is 0 Å². The van der Waals surface area contributed by atoms with Crippen LogP contribution in [-0.2, 0) is 65.4 Å². The van der Waals surface area contributed by atoms with Gasteiger partial charge in [-0.15, -0.1) is 0 Å². The fourth-order valence-corrected chi connectivity index (χ4v) is 11.3. The standard InChI is InChI=1S/C68H128O17P2/c1-7-9-11-13-15-17-18-19-20-21-22-27-34-40-46-52-67(72)84-64(57-79-66(71)51-45-39-33-26-24-23-25-30-36-42-48-60(3)4)59-83-87(76,77)81-55-62(69)54-80-86(74,75)82-58-63(56-78-65(70)50-44-38-32-16-14-12-10-8-2)85-68(73)53-47-41-35-29-28-31-37-43-49-61(5)6/h17-20,60-64,69H,7-16,21-59H2,1-6H3,(H,74,75)(H,76,77)/b18-17-,20-19-/t62-,63+,64+/m0/s1. The van der Waals surface area contributed by atoms with Crippen LogP contribution in [0.3, 0.4) is 0 Å². The minimum atomic E-state index is -4.96. The molecular formula is C68H128O17P2. The number of aliphatic hydroxyl groups excluding tert-OH is 1. The lowest BCUT2D eigenvalue weighted by atomic mass is 10.0. The Morgan fingerprint density at radius 2 is 0.621 bits per heavy atom. The van der Waals surface area contributed by atoms with Crippen LogP contribution in [-0.4, -0.2) is 96.7 Å². The Morgan fingerprint density at radius 1 is 0.356 bits per heavy atom. The molecule has 87 heavy (non-hydrogen) atoms. The number of ether oxygens (including phenoxy) is 4. The molecule has 17 nitrogen and oxygen atoms in total. The van der Waals surface area contributed by atoms with Crippen LogP contribution in [0.15, 0.2) is 24.3 Å². The Hall–Kier alpha value is -2.46. The highest BCUT2D eigenvalue weighted by Crippen LogP contribution is 2.45. The predicted molar refractivity (Wildman–Crippen MR) is 349 cm³/mol. The molecule has 2 unspecified atom stereocenters. The molecule has 0 radical (unpaired) electrons. The highest BCUT2D eigenvalue weighted by Gasteiger charge is 2.30. The minimum absolute atomic E-state index is 0.0845. The highest BCUT2D eigenvalue weighted by atomic mass is 31.2. The average Bonchev–Trinajstić information content (AvgIpc) is 3.51. The summed E-state index contributed by atoms with van der Waals surface area (Å²) < 4.78 is 68.1. The largest absolute Gasteiger partial charge is 0.472 e. The second-order valence-corrected chi connectivity index (χ2v) is 27.7. The highest BCUT2D eigenvalue weighted by molar-refractivity contribution is 7.47. The van der Waals surface area contributed by atoms with Gasteiger partial charge in [0.05, 0.1) is 26.4 Å². The smallest absolute Gasteiger partial charge is 0.462 e. The van der Waals surface area contributed by atoms with Gasteiger partial charge >= 0.3 is 39.5 Å². The van der Waals surface area contributed by atoms with Crippen molar-refractivity contribution in [2.75, 3.05) is 39.6 Å². The van der Waals surface area contributed by atoms with Gasteiger partial charge in [0.2, 0.25) is 0 Å². The van der Waals surface area contributed by atoms with E-state index in [0.29, 0.717) is 25.7 Å². The Labute approximate surface area is 529 Å². The summed E-state index contributed by atoms with van der Waals surface area (Å²) in [4.78, 5) is 72.3. The topological polar surface area (TPSA) is 237 Å². The van der Waals surface area contributed by atoms with Crippen molar-refractivity contribution in [1.82, 2.24) is 0 Å². The van der Waals surface area contributed by atoms with Crippen LogP contribution in [0.25, 0.3) is 0 Å². The third-order valence-corrected chi connectivity index (χ3v) is 17.0. The second-order valence-electron chi connectivity index (χ2n) is 24.8. The van der Waals surface area contributed by atoms with Crippen LogP contribution < -0.4 is 0 Å². The third kappa shape index (κ3) is 62.1. The SMILES string of the molecule is CCCCCC/C=C\C=C/CCCCCCCC(=O)O[C@H](COC(=O)CCCCCCCCCCCCC(C)C)COP(=O)(O)OC[C@@H](O)COP(=O)(O)OC[C@@H](COC(=O)CCCCCCCCCC)OC(=O)CCCCCCCCCCC(C)C. The number of phosphoric ester groups is 2. The van der Waals surface area contributed by atoms with Gasteiger partial charge in [0, 0.05) is 25.7 Å². The Bertz CT molecular complexity index is 1790. The summed E-state index contributed by atoms with van der Waals surface area (Å²) in [5.41, 5.74) is 0. The molecular weight excluding hydrogens is 1150 g/mol. The predicted octanol–water partition coefficient (Wildman–Crippen LogP) is 18.8. The van der Waals surface area contributed by atoms with Gasteiger partial charge in [-0.3, -0.25) is 37.3 Å². The first-order valence-corrected chi connectivity index (χ1v) is 37.8. The summed E-state index contributed by atoms with van der Waals surface area (Å²) in [5, 5.41) is 10.6. The van der Waals surface area contributed by atoms with Gasteiger partial charge in [0.1, 0.15) is 19.3 Å². The number of esters is 4. The number of carbonyl (C=O) groups is 4. The monoisotopic (exact) mass is 1280 g/mol. The molecule has 0 amide bonds. The molecule has 0 aliphatic heterocycles. The molecule has 0 fully saturated rings. The molecule has 5 atom stereocenters. The molecule has 0 saturated heterocycles. The molecule has 0 bridgehead atoms. The van der Waals surface area contributed by atoms with Crippen LogP contribution in [0, 0.1) is 11.8 Å². The van der Waals surface area contributed by atoms with E-state index >= 15 is 0 Å². The molecule has 0 heterocycles. The minimum Gasteiger partial charge on any atom is -0.462 e. The average molecular weight is 1280 g/mol. The normalized spacial score (nSPS) is 14.4. The molecule has 0 aliphatic carbocycles. The van der Waals surface area contributed by atoms with Crippen LogP contribution in [0.4, 0.5) is 0 Å². The van der Waals surface area contributed by atoms with E-state index in [2.05, 4.69) is 65.8 Å². The zero-order valence-corrected chi connectivity index (χ0v) is 57.6. The zero-order chi connectivity index (χ0) is 64.3. The lowest BCUT2D eigenvalue weighted by molar-refractivity contribution is -0.161. The van der Waals surface area contributed by atoms with Crippen LogP contribution in [0.2, 0.25) is 0 Å². The fraction of sp³-hybridized carbons (Fsp3) is 0.882. The van der Waals surface area contributed by atoms with E-state index in [1.807, 2.05) is 0 Å². The van der Waals surface area contributed by atoms with Crippen molar-refractivity contribution in [2.24, 2.45) is 11.8 Å². The fourth-order valence-electron chi connectivity index (χ4n) is 9.70. The molecule has 0 rings (SSSR count). The van der Waals surface area contributed by atoms with Gasteiger partial charge in [0.15, 0.2) is 12.2 Å². The van der Waals surface area contributed by atoms with Crippen LogP contribution in [0.5, 0.6) is 0 Å². The number of carbonyl (C=O) groups excluding carboxylic acids is 4. The first-order valence-electron chi connectivity index (χ1n) is 34.8. The van der Waals surface area contributed by atoms with Gasteiger partial charge in [-0.05, 0) is 63.2 Å². The lowest BCUT2D eigenvalue weighted by Gasteiger charge is -2.21. The maximum Gasteiger partial charge on any atom is 0.472 e. The van der Waals surface area contributed by atoms with Gasteiger partial charge in [-0.25, -0.2) is 9.13 Å². The molecule has 0 spiro atoms. The van der Waals surface area contributed by atoms with E-state index in [-0.39, 0.29) is 25.7 Å². The number of phosphoric acid groups is 2. The number of hydrogen-bond acceptors (Lipinski definition) is 15. The number of rotatable bonds is 65. The summed E-state index contributed by atoms with van der Waals surface area (Å²) in [6, 6.07) is 0. The van der Waals surface area contributed by atoms with Gasteiger partial charge in [-0.1, -0.05) is 265 Å². The first kappa shape index (κ1) is 84.5.